The number of nitrogens with zero attached hydrogens (tertiary/aromatic N) is 2. The van der Waals surface area contributed by atoms with E-state index in [1.807, 2.05) is 0 Å². The number of aliphatic hydroxyl groups is 1. The number of hydrogen-bond donors (Lipinski definition) is 1. The molecule has 3 heteroatoms. The van der Waals surface area contributed by atoms with Crippen molar-refractivity contribution in [3.05, 3.63) is 0 Å². The van der Waals surface area contributed by atoms with E-state index in [0.717, 1.165) is 0 Å². The fourth-order valence-corrected chi connectivity index (χ4v) is 0.318. The van der Waals surface area contributed by atoms with Crippen molar-refractivity contribution in [3.63, 3.8) is 0 Å². The van der Waals surface area contributed by atoms with Crippen molar-refractivity contribution in [1.29, 1.82) is 0 Å². The number of aliphatic imine (C=N–C) groups is 2. The van der Waals surface area contributed by atoms with Crippen molar-refractivity contribution in [2.75, 3.05) is 20.7 Å². The van der Waals surface area contributed by atoms with Crippen LogP contribution in [0.3, 0.4) is 0 Å². The first-order valence-electron chi connectivity index (χ1n) is 2.33. The van der Waals surface area contributed by atoms with Gasteiger partial charge < -0.3 is 5.11 Å². The van der Waals surface area contributed by atoms with Gasteiger partial charge in [-0.15, -0.1) is 0 Å². The Morgan fingerprint density at radius 3 is 2.38 bits per heavy atom. The molecule has 0 aromatic carbocycles. The van der Waals surface area contributed by atoms with Gasteiger partial charge in [0.05, 0.1) is 12.3 Å². The largest absolute Gasteiger partial charge is 0.390 e. The van der Waals surface area contributed by atoms with Crippen LogP contribution >= 0.6 is 0 Å². The Labute approximate surface area is 48.8 Å². The minimum atomic E-state index is -0.0339. The average molecular weight is 114 g/mol. The maximum absolute atomic E-state index is 8.44. The van der Waals surface area contributed by atoms with E-state index in [1.165, 1.54) is 6.21 Å². The van der Waals surface area contributed by atoms with Crippen molar-refractivity contribution < 1.29 is 5.11 Å². The van der Waals surface area contributed by atoms with Crippen molar-refractivity contribution >= 4 is 11.9 Å². The zero-order chi connectivity index (χ0) is 6.41. The average Bonchev–Trinajstić information content (AvgIpc) is 1.83. The Bertz CT molecular complexity index is 104. The summed E-state index contributed by atoms with van der Waals surface area (Å²) in [4.78, 5) is 7.38. The van der Waals surface area contributed by atoms with Crippen LogP contribution in [0.2, 0.25) is 0 Å². The standard InChI is InChI=1S/C5H10N2O/c1-6-3-5(4-8)7-2/h3,8H,4H2,1-2H3. The molecule has 0 radical (unpaired) electrons. The lowest BCUT2D eigenvalue weighted by Gasteiger charge is -1.87. The zero-order valence-corrected chi connectivity index (χ0v) is 5.13. The van der Waals surface area contributed by atoms with Crippen molar-refractivity contribution in [2.24, 2.45) is 9.98 Å². The first kappa shape index (κ1) is 7.30. The van der Waals surface area contributed by atoms with Gasteiger partial charge >= 0.3 is 0 Å². The summed E-state index contributed by atoms with van der Waals surface area (Å²) in [6, 6.07) is 0. The Morgan fingerprint density at radius 1 is 1.62 bits per heavy atom. The molecule has 0 aromatic rings. The molecule has 0 amide bonds. The maximum atomic E-state index is 8.44. The topological polar surface area (TPSA) is 45.0 Å². The van der Waals surface area contributed by atoms with Crippen LogP contribution in [0.5, 0.6) is 0 Å². The lowest BCUT2D eigenvalue weighted by atomic mass is 10.4. The van der Waals surface area contributed by atoms with Gasteiger partial charge in [-0.05, 0) is 0 Å². The quantitative estimate of drug-likeness (QED) is 0.494. The monoisotopic (exact) mass is 114 g/mol. The molecular weight excluding hydrogens is 104 g/mol. The van der Waals surface area contributed by atoms with Gasteiger partial charge in [0.1, 0.15) is 0 Å². The minimum Gasteiger partial charge on any atom is -0.390 e. The first-order valence-corrected chi connectivity index (χ1v) is 2.33. The summed E-state index contributed by atoms with van der Waals surface area (Å²) < 4.78 is 0. The number of aliphatic hydroxyl groups excluding tert-OH is 1. The summed E-state index contributed by atoms with van der Waals surface area (Å²) in [5.74, 6) is 0. The molecular formula is C5H10N2O. The van der Waals surface area contributed by atoms with Crippen LogP contribution in [0.25, 0.3) is 0 Å². The molecule has 46 valence electrons. The lowest BCUT2D eigenvalue weighted by Crippen LogP contribution is -2.04. The summed E-state index contributed by atoms with van der Waals surface area (Å²) in [6.07, 6.45) is 1.53. The summed E-state index contributed by atoms with van der Waals surface area (Å²) in [5.41, 5.74) is 0.604. The summed E-state index contributed by atoms with van der Waals surface area (Å²) in [7, 11) is 3.26. The molecule has 0 atom stereocenters. The zero-order valence-electron chi connectivity index (χ0n) is 5.13. The van der Waals surface area contributed by atoms with Crippen LogP contribution in [0.4, 0.5) is 0 Å². The van der Waals surface area contributed by atoms with Crippen LogP contribution < -0.4 is 0 Å². The molecule has 0 aliphatic carbocycles. The molecule has 0 fully saturated rings. The van der Waals surface area contributed by atoms with E-state index in [-0.39, 0.29) is 6.61 Å². The van der Waals surface area contributed by atoms with Gasteiger partial charge in [0.25, 0.3) is 0 Å². The first-order chi connectivity index (χ1) is 3.85. The predicted molar refractivity (Wildman–Crippen MR) is 34.9 cm³/mol. The molecule has 0 aromatic heterocycles. The predicted octanol–water partition coefficient (Wildman–Crippen LogP) is -0.250. The van der Waals surface area contributed by atoms with Gasteiger partial charge in [-0.2, -0.15) is 0 Å². The highest BCUT2D eigenvalue weighted by atomic mass is 16.3. The van der Waals surface area contributed by atoms with E-state index in [9.17, 15) is 0 Å². The Kier molecular flexibility index (Phi) is 4.07. The van der Waals surface area contributed by atoms with Gasteiger partial charge in [-0.1, -0.05) is 0 Å². The van der Waals surface area contributed by atoms with Crippen molar-refractivity contribution in [2.45, 2.75) is 0 Å². The van der Waals surface area contributed by atoms with Crippen LogP contribution in [0.1, 0.15) is 0 Å². The normalized spacial score (nSPS) is 13.1. The van der Waals surface area contributed by atoms with E-state index >= 15 is 0 Å². The van der Waals surface area contributed by atoms with E-state index in [0.29, 0.717) is 5.71 Å². The van der Waals surface area contributed by atoms with Gasteiger partial charge in [0.15, 0.2) is 0 Å². The van der Waals surface area contributed by atoms with Gasteiger partial charge in [-0.3, -0.25) is 9.98 Å². The third-order valence-electron chi connectivity index (χ3n) is 0.727. The molecule has 1 N–H and O–H groups in total. The molecule has 0 aliphatic heterocycles. The molecule has 0 aliphatic rings. The SMILES string of the molecule is CN=CC(CO)=NC. The summed E-state index contributed by atoms with van der Waals surface area (Å²) in [5, 5.41) is 8.44. The smallest absolute Gasteiger partial charge is 0.0863 e. The van der Waals surface area contributed by atoms with Gasteiger partial charge in [-0.25, -0.2) is 0 Å². The van der Waals surface area contributed by atoms with E-state index in [2.05, 4.69) is 9.98 Å². The van der Waals surface area contributed by atoms with Crippen molar-refractivity contribution in [1.82, 2.24) is 0 Å². The highest BCUT2D eigenvalue weighted by Gasteiger charge is 1.84. The third-order valence-corrected chi connectivity index (χ3v) is 0.727. The Morgan fingerprint density at radius 2 is 2.25 bits per heavy atom. The number of rotatable bonds is 2. The van der Waals surface area contributed by atoms with Crippen LogP contribution in [0, 0.1) is 0 Å². The van der Waals surface area contributed by atoms with Crippen molar-refractivity contribution in [3.8, 4) is 0 Å². The minimum absolute atomic E-state index is 0.0339. The fourth-order valence-electron chi connectivity index (χ4n) is 0.318. The lowest BCUT2D eigenvalue weighted by molar-refractivity contribution is 0.359. The molecule has 8 heavy (non-hydrogen) atoms. The summed E-state index contributed by atoms with van der Waals surface area (Å²) in [6.45, 7) is -0.0339. The van der Waals surface area contributed by atoms with Crippen LogP contribution in [0.15, 0.2) is 9.98 Å². The number of hydrogen-bond acceptors (Lipinski definition) is 3. The van der Waals surface area contributed by atoms with Crippen LogP contribution in [-0.2, 0) is 0 Å². The molecule has 0 bridgehead atoms. The van der Waals surface area contributed by atoms with Crippen LogP contribution in [-0.4, -0.2) is 37.7 Å². The van der Waals surface area contributed by atoms with Gasteiger partial charge in [0, 0.05) is 20.3 Å². The molecule has 3 nitrogen and oxygen atoms in total. The van der Waals surface area contributed by atoms with E-state index in [1.54, 1.807) is 14.1 Å². The highest BCUT2D eigenvalue weighted by molar-refractivity contribution is 6.31. The fraction of sp³-hybridized carbons (Fsp3) is 0.600. The second-order valence-electron chi connectivity index (χ2n) is 1.26. The molecule has 0 unspecified atom stereocenters. The second-order valence-corrected chi connectivity index (χ2v) is 1.26. The maximum Gasteiger partial charge on any atom is 0.0863 e. The van der Waals surface area contributed by atoms with Gasteiger partial charge in [0.2, 0.25) is 0 Å². The summed E-state index contributed by atoms with van der Waals surface area (Å²) >= 11 is 0. The molecule has 0 saturated carbocycles. The van der Waals surface area contributed by atoms with E-state index < -0.39 is 0 Å². The Hall–Kier alpha value is -0.700. The Balaban J connectivity index is 3.72. The highest BCUT2D eigenvalue weighted by Crippen LogP contribution is 1.68. The third kappa shape index (κ3) is 2.47. The molecule has 0 saturated heterocycles. The molecule has 0 heterocycles. The molecule has 0 rings (SSSR count). The molecule has 0 spiro atoms. The van der Waals surface area contributed by atoms with E-state index in [4.69, 9.17) is 5.11 Å². The second kappa shape index (κ2) is 4.46.